The van der Waals surface area contributed by atoms with Crippen molar-refractivity contribution in [2.24, 2.45) is 5.73 Å². The number of hydrogen-bond acceptors (Lipinski definition) is 4. The van der Waals surface area contributed by atoms with Crippen molar-refractivity contribution in [3.05, 3.63) is 52.8 Å². The van der Waals surface area contributed by atoms with E-state index in [4.69, 9.17) is 15.2 Å². The Kier molecular flexibility index (Phi) is 6.02. The number of nitrogens with zero attached hydrogens (tertiary/aromatic N) is 1. The van der Waals surface area contributed by atoms with Crippen LogP contribution in [-0.2, 0) is 6.42 Å². The van der Waals surface area contributed by atoms with Gasteiger partial charge in [-0.3, -0.25) is 4.98 Å². The fourth-order valence-corrected chi connectivity index (χ4v) is 2.20. The third-order valence-electron chi connectivity index (χ3n) is 2.75. The van der Waals surface area contributed by atoms with E-state index in [9.17, 15) is 0 Å². The maximum atomic E-state index is 5.74. The number of aromatic nitrogens is 1. The summed E-state index contributed by atoms with van der Waals surface area (Å²) in [6, 6.07) is 11.7. The lowest BCUT2D eigenvalue weighted by Crippen LogP contribution is -2.18. The molecular weight excluding hydrogens is 332 g/mol. The summed E-state index contributed by atoms with van der Waals surface area (Å²) < 4.78 is 12.2. The molecule has 21 heavy (non-hydrogen) atoms. The topological polar surface area (TPSA) is 57.4 Å². The molecule has 2 N–H and O–H groups in total. The molecule has 0 saturated heterocycles. The average Bonchev–Trinajstić information content (AvgIpc) is 2.45. The van der Waals surface area contributed by atoms with E-state index < -0.39 is 0 Å². The summed E-state index contributed by atoms with van der Waals surface area (Å²) in [7, 11) is 0. The monoisotopic (exact) mass is 350 g/mol. The van der Waals surface area contributed by atoms with Crippen LogP contribution in [0.3, 0.4) is 0 Å². The zero-order valence-corrected chi connectivity index (χ0v) is 13.5. The molecule has 0 amide bonds. The van der Waals surface area contributed by atoms with Crippen LogP contribution in [0.15, 0.2) is 47.1 Å². The van der Waals surface area contributed by atoms with Gasteiger partial charge in [-0.25, -0.2) is 0 Å². The number of halogens is 1. The third-order valence-corrected chi connectivity index (χ3v) is 3.24. The number of nitrogens with two attached hydrogens (primary N) is 1. The molecule has 0 saturated carbocycles. The standard InChI is InChI=1S/C16H19BrN2O2/c1-12(18)9-14-5-6-16(11-19-14)21-8-7-20-15-4-2-3-13(17)10-15/h2-6,10-12H,7-9,18H2,1H3. The second-order valence-corrected chi connectivity index (χ2v) is 5.74. The van der Waals surface area contributed by atoms with E-state index in [1.807, 2.05) is 43.3 Å². The van der Waals surface area contributed by atoms with Crippen LogP contribution in [0, 0.1) is 0 Å². The van der Waals surface area contributed by atoms with Gasteiger partial charge in [0, 0.05) is 22.6 Å². The number of rotatable bonds is 7. The molecule has 0 aliphatic rings. The van der Waals surface area contributed by atoms with Crippen molar-refractivity contribution in [1.82, 2.24) is 4.98 Å². The minimum Gasteiger partial charge on any atom is -0.490 e. The molecule has 5 heteroatoms. The molecule has 1 unspecified atom stereocenters. The number of hydrogen-bond donors (Lipinski definition) is 1. The smallest absolute Gasteiger partial charge is 0.137 e. The molecule has 0 radical (unpaired) electrons. The normalized spacial score (nSPS) is 12.0. The van der Waals surface area contributed by atoms with Gasteiger partial charge in [0.1, 0.15) is 24.7 Å². The first-order chi connectivity index (χ1) is 10.1. The van der Waals surface area contributed by atoms with Gasteiger partial charge in [-0.15, -0.1) is 0 Å². The van der Waals surface area contributed by atoms with Crippen molar-refractivity contribution >= 4 is 15.9 Å². The summed E-state index contributed by atoms with van der Waals surface area (Å²) in [6.07, 6.45) is 2.49. The van der Waals surface area contributed by atoms with Gasteiger partial charge in [-0.05, 0) is 37.3 Å². The van der Waals surface area contributed by atoms with Crippen LogP contribution in [0.4, 0.5) is 0 Å². The number of pyridine rings is 1. The first kappa shape index (κ1) is 15.8. The molecule has 1 aromatic carbocycles. The van der Waals surface area contributed by atoms with Gasteiger partial charge in [0.05, 0.1) is 6.20 Å². The van der Waals surface area contributed by atoms with E-state index in [0.29, 0.717) is 13.2 Å². The molecule has 2 rings (SSSR count). The predicted octanol–water partition coefficient (Wildman–Crippen LogP) is 3.19. The van der Waals surface area contributed by atoms with E-state index in [1.54, 1.807) is 6.20 Å². The van der Waals surface area contributed by atoms with Gasteiger partial charge in [-0.2, -0.15) is 0 Å². The fourth-order valence-electron chi connectivity index (χ4n) is 1.82. The minimum atomic E-state index is 0.114. The van der Waals surface area contributed by atoms with Crippen molar-refractivity contribution in [1.29, 1.82) is 0 Å². The molecule has 1 atom stereocenters. The number of benzene rings is 1. The summed E-state index contributed by atoms with van der Waals surface area (Å²) in [5, 5.41) is 0. The third kappa shape index (κ3) is 5.73. The summed E-state index contributed by atoms with van der Waals surface area (Å²) >= 11 is 3.40. The highest BCUT2D eigenvalue weighted by Gasteiger charge is 2.01. The van der Waals surface area contributed by atoms with E-state index in [1.165, 1.54) is 0 Å². The van der Waals surface area contributed by atoms with E-state index >= 15 is 0 Å². The quantitative estimate of drug-likeness (QED) is 0.779. The Hall–Kier alpha value is -1.59. The van der Waals surface area contributed by atoms with Crippen molar-refractivity contribution < 1.29 is 9.47 Å². The maximum Gasteiger partial charge on any atom is 0.137 e. The molecule has 2 aromatic rings. The van der Waals surface area contributed by atoms with Crippen molar-refractivity contribution in [2.45, 2.75) is 19.4 Å². The van der Waals surface area contributed by atoms with Gasteiger partial charge in [0.2, 0.25) is 0 Å². The van der Waals surface area contributed by atoms with E-state index in [2.05, 4.69) is 20.9 Å². The Morgan fingerprint density at radius 1 is 1.14 bits per heavy atom. The zero-order chi connectivity index (χ0) is 15.1. The SMILES string of the molecule is CC(N)Cc1ccc(OCCOc2cccc(Br)c2)cn1. The minimum absolute atomic E-state index is 0.114. The second-order valence-electron chi connectivity index (χ2n) is 4.82. The molecule has 112 valence electrons. The van der Waals surface area contributed by atoms with Gasteiger partial charge < -0.3 is 15.2 Å². The fraction of sp³-hybridized carbons (Fsp3) is 0.312. The van der Waals surface area contributed by atoms with Crippen LogP contribution >= 0.6 is 15.9 Å². The first-order valence-corrected chi connectivity index (χ1v) is 7.64. The molecule has 0 spiro atoms. The maximum absolute atomic E-state index is 5.74. The van der Waals surface area contributed by atoms with Crippen LogP contribution in [0.2, 0.25) is 0 Å². The second kappa shape index (κ2) is 8.00. The summed E-state index contributed by atoms with van der Waals surface area (Å²) in [5.74, 6) is 1.56. The molecule has 4 nitrogen and oxygen atoms in total. The lowest BCUT2D eigenvalue weighted by atomic mass is 10.2. The van der Waals surface area contributed by atoms with Crippen LogP contribution in [0.25, 0.3) is 0 Å². The van der Waals surface area contributed by atoms with Crippen LogP contribution in [0.5, 0.6) is 11.5 Å². The number of ether oxygens (including phenoxy) is 2. The molecule has 0 aliphatic carbocycles. The van der Waals surface area contributed by atoms with Crippen LogP contribution in [0.1, 0.15) is 12.6 Å². The van der Waals surface area contributed by atoms with Crippen LogP contribution < -0.4 is 15.2 Å². The predicted molar refractivity (Wildman–Crippen MR) is 86.7 cm³/mol. The Bertz CT molecular complexity index is 558. The van der Waals surface area contributed by atoms with Crippen LogP contribution in [-0.4, -0.2) is 24.2 Å². The van der Waals surface area contributed by atoms with Crippen molar-refractivity contribution in [2.75, 3.05) is 13.2 Å². The van der Waals surface area contributed by atoms with Crippen molar-refractivity contribution in [3.63, 3.8) is 0 Å². The highest BCUT2D eigenvalue weighted by Crippen LogP contribution is 2.17. The molecule has 1 heterocycles. The highest BCUT2D eigenvalue weighted by atomic mass is 79.9. The molecule has 0 fully saturated rings. The molecular formula is C16H19BrN2O2. The zero-order valence-electron chi connectivity index (χ0n) is 12.0. The summed E-state index contributed by atoms with van der Waals surface area (Å²) in [6.45, 7) is 2.92. The largest absolute Gasteiger partial charge is 0.490 e. The lowest BCUT2D eigenvalue weighted by molar-refractivity contribution is 0.216. The first-order valence-electron chi connectivity index (χ1n) is 6.85. The summed E-state index contributed by atoms with van der Waals surface area (Å²) in [4.78, 5) is 4.32. The van der Waals surface area contributed by atoms with E-state index in [-0.39, 0.29) is 6.04 Å². The van der Waals surface area contributed by atoms with Crippen molar-refractivity contribution in [3.8, 4) is 11.5 Å². The summed E-state index contributed by atoms with van der Waals surface area (Å²) in [5.41, 5.74) is 6.71. The Morgan fingerprint density at radius 2 is 1.90 bits per heavy atom. The van der Waals surface area contributed by atoms with Gasteiger partial charge >= 0.3 is 0 Å². The van der Waals surface area contributed by atoms with Gasteiger partial charge in [0.15, 0.2) is 0 Å². The highest BCUT2D eigenvalue weighted by molar-refractivity contribution is 9.10. The lowest BCUT2D eigenvalue weighted by Gasteiger charge is -2.09. The molecule has 0 aliphatic heterocycles. The Balaban J connectivity index is 1.73. The van der Waals surface area contributed by atoms with Gasteiger partial charge in [-0.1, -0.05) is 22.0 Å². The Morgan fingerprint density at radius 3 is 2.52 bits per heavy atom. The molecule has 0 bridgehead atoms. The Labute approximate surface area is 133 Å². The van der Waals surface area contributed by atoms with E-state index in [0.717, 1.165) is 28.1 Å². The average molecular weight is 351 g/mol. The molecule has 1 aromatic heterocycles. The van der Waals surface area contributed by atoms with Gasteiger partial charge in [0.25, 0.3) is 0 Å².